The number of hydrogen-bond donors (Lipinski definition) is 1. The normalized spacial score (nSPS) is 18.8. The van der Waals surface area contributed by atoms with E-state index in [1.54, 1.807) is 5.56 Å². The Morgan fingerprint density at radius 2 is 1.91 bits per heavy atom. The third kappa shape index (κ3) is 2.65. The van der Waals surface area contributed by atoms with Gasteiger partial charge in [0.15, 0.2) is 0 Å². The molecule has 2 aliphatic rings. The molecule has 1 aromatic heterocycles. The molecule has 2 aromatic rings. The second kappa shape index (κ2) is 6.00. The van der Waals surface area contributed by atoms with E-state index in [0.717, 1.165) is 19.0 Å². The number of aromatic nitrogens is 1. The van der Waals surface area contributed by atoms with Gasteiger partial charge in [0.25, 0.3) is 0 Å². The summed E-state index contributed by atoms with van der Waals surface area (Å²) in [5, 5.41) is 5.21. The largest absolute Gasteiger partial charge is 0.310 e. The van der Waals surface area contributed by atoms with Gasteiger partial charge < -0.3 is 5.32 Å². The third-order valence-corrected chi connectivity index (χ3v) is 5.46. The molecule has 2 nitrogen and oxygen atoms in total. The maximum Gasteiger partial charge on any atom is 0.0708 e. The van der Waals surface area contributed by atoms with E-state index < -0.39 is 0 Å². The maximum absolute atomic E-state index is 4.97. The second-order valence-electron chi connectivity index (χ2n) is 7.11. The lowest BCUT2D eigenvalue weighted by Gasteiger charge is -2.22. The van der Waals surface area contributed by atoms with Gasteiger partial charge in [0.2, 0.25) is 0 Å². The lowest BCUT2D eigenvalue weighted by Crippen LogP contribution is -2.26. The molecule has 1 aromatic carbocycles. The minimum atomic E-state index is 0.729. The van der Waals surface area contributed by atoms with Gasteiger partial charge in [-0.1, -0.05) is 24.5 Å². The molecule has 1 saturated carbocycles. The van der Waals surface area contributed by atoms with Crippen molar-refractivity contribution in [3.05, 3.63) is 40.6 Å². The van der Waals surface area contributed by atoms with Gasteiger partial charge in [-0.05, 0) is 68.7 Å². The lowest BCUT2D eigenvalue weighted by molar-refractivity contribution is 0.521. The van der Waals surface area contributed by atoms with Crippen molar-refractivity contribution >= 4 is 10.9 Å². The SMILES string of the molecule is Cc1ccc2nc3c(c(CNC4CCCC4)c2c1)CCCC3. The number of rotatable bonds is 3. The van der Waals surface area contributed by atoms with E-state index in [1.165, 1.54) is 72.7 Å². The molecule has 0 atom stereocenters. The van der Waals surface area contributed by atoms with Crippen molar-refractivity contribution in [1.29, 1.82) is 0 Å². The molecule has 4 rings (SSSR count). The standard InChI is InChI=1S/C20H26N2/c1-14-10-11-20-17(12-14)18(13-21-15-6-2-3-7-15)16-8-4-5-9-19(16)22-20/h10-12,15,21H,2-9,13H2,1H3. The van der Waals surface area contributed by atoms with Crippen LogP contribution in [0.15, 0.2) is 18.2 Å². The predicted molar refractivity (Wildman–Crippen MR) is 92.2 cm³/mol. The summed E-state index contributed by atoms with van der Waals surface area (Å²) in [5.74, 6) is 0. The monoisotopic (exact) mass is 294 g/mol. The van der Waals surface area contributed by atoms with Crippen molar-refractivity contribution in [3.8, 4) is 0 Å². The average molecular weight is 294 g/mol. The van der Waals surface area contributed by atoms with Crippen LogP contribution in [0.3, 0.4) is 0 Å². The molecule has 2 aliphatic carbocycles. The fraction of sp³-hybridized carbons (Fsp3) is 0.550. The summed E-state index contributed by atoms with van der Waals surface area (Å²) in [5.41, 5.74) is 6.98. The van der Waals surface area contributed by atoms with E-state index in [9.17, 15) is 0 Å². The van der Waals surface area contributed by atoms with Crippen LogP contribution in [0, 0.1) is 6.92 Å². The number of nitrogens with zero attached hydrogens (tertiary/aromatic N) is 1. The fourth-order valence-electron chi connectivity index (χ4n) is 4.21. The van der Waals surface area contributed by atoms with Crippen LogP contribution < -0.4 is 5.32 Å². The van der Waals surface area contributed by atoms with Gasteiger partial charge in [0, 0.05) is 23.7 Å². The van der Waals surface area contributed by atoms with Crippen LogP contribution in [0.1, 0.15) is 60.9 Å². The topological polar surface area (TPSA) is 24.9 Å². The highest BCUT2D eigenvalue weighted by atomic mass is 14.9. The Morgan fingerprint density at radius 3 is 2.77 bits per heavy atom. The molecule has 116 valence electrons. The smallest absolute Gasteiger partial charge is 0.0708 e. The molecule has 0 spiro atoms. The molecule has 0 saturated heterocycles. The first-order chi connectivity index (χ1) is 10.8. The van der Waals surface area contributed by atoms with E-state index in [2.05, 4.69) is 30.4 Å². The van der Waals surface area contributed by atoms with Crippen molar-refractivity contribution in [1.82, 2.24) is 10.3 Å². The fourth-order valence-corrected chi connectivity index (χ4v) is 4.21. The summed E-state index contributed by atoms with van der Waals surface area (Å²) >= 11 is 0. The maximum atomic E-state index is 4.97. The molecule has 0 radical (unpaired) electrons. The molecule has 0 bridgehead atoms. The van der Waals surface area contributed by atoms with E-state index in [4.69, 9.17) is 4.98 Å². The molecule has 2 heteroatoms. The Hall–Kier alpha value is -1.41. The molecular formula is C20H26N2. The zero-order valence-electron chi connectivity index (χ0n) is 13.6. The molecule has 22 heavy (non-hydrogen) atoms. The summed E-state index contributed by atoms with van der Waals surface area (Å²) < 4.78 is 0. The van der Waals surface area contributed by atoms with E-state index in [0.29, 0.717) is 0 Å². The van der Waals surface area contributed by atoms with Crippen molar-refractivity contribution in [3.63, 3.8) is 0 Å². The van der Waals surface area contributed by atoms with Crippen LogP contribution in [0.2, 0.25) is 0 Å². The average Bonchev–Trinajstić information content (AvgIpc) is 3.05. The van der Waals surface area contributed by atoms with Crippen molar-refractivity contribution in [2.24, 2.45) is 0 Å². The van der Waals surface area contributed by atoms with E-state index in [-0.39, 0.29) is 0 Å². The Bertz CT molecular complexity index is 684. The number of benzene rings is 1. The van der Waals surface area contributed by atoms with Crippen LogP contribution in [0.5, 0.6) is 0 Å². The van der Waals surface area contributed by atoms with Crippen LogP contribution in [-0.4, -0.2) is 11.0 Å². The molecule has 1 fully saturated rings. The Kier molecular flexibility index (Phi) is 3.87. The molecule has 1 heterocycles. The molecule has 0 aliphatic heterocycles. The highest BCUT2D eigenvalue weighted by molar-refractivity contribution is 5.84. The van der Waals surface area contributed by atoms with E-state index in [1.807, 2.05) is 0 Å². The Morgan fingerprint density at radius 1 is 1.09 bits per heavy atom. The number of nitrogens with one attached hydrogen (secondary N) is 1. The molecule has 0 amide bonds. The zero-order chi connectivity index (χ0) is 14.9. The molecule has 1 N–H and O–H groups in total. The summed E-state index contributed by atoms with van der Waals surface area (Å²) in [6, 6.07) is 7.47. The van der Waals surface area contributed by atoms with Gasteiger partial charge in [0.05, 0.1) is 5.52 Å². The molecule has 0 unspecified atom stereocenters. The number of pyridine rings is 1. The second-order valence-corrected chi connectivity index (χ2v) is 7.11. The van der Waals surface area contributed by atoms with Gasteiger partial charge in [-0.2, -0.15) is 0 Å². The van der Waals surface area contributed by atoms with Crippen LogP contribution >= 0.6 is 0 Å². The van der Waals surface area contributed by atoms with Crippen LogP contribution in [0.25, 0.3) is 10.9 Å². The Balaban J connectivity index is 1.76. The quantitative estimate of drug-likeness (QED) is 0.904. The predicted octanol–water partition coefficient (Wildman–Crippen LogP) is 4.45. The minimum absolute atomic E-state index is 0.729. The summed E-state index contributed by atoms with van der Waals surface area (Å²) in [6.07, 6.45) is 10.5. The third-order valence-electron chi connectivity index (χ3n) is 5.46. The Labute approximate surface area is 133 Å². The first kappa shape index (κ1) is 14.2. The van der Waals surface area contributed by atoms with Gasteiger partial charge in [0.1, 0.15) is 0 Å². The van der Waals surface area contributed by atoms with Crippen molar-refractivity contribution in [2.75, 3.05) is 0 Å². The molecular weight excluding hydrogens is 268 g/mol. The van der Waals surface area contributed by atoms with Gasteiger partial charge in [-0.15, -0.1) is 0 Å². The first-order valence-corrected chi connectivity index (χ1v) is 8.95. The first-order valence-electron chi connectivity index (χ1n) is 8.95. The van der Waals surface area contributed by atoms with E-state index >= 15 is 0 Å². The highest BCUT2D eigenvalue weighted by Gasteiger charge is 2.20. The number of aryl methyl sites for hydroxylation is 2. The van der Waals surface area contributed by atoms with Gasteiger partial charge in [-0.25, -0.2) is 0 Å². The van der Waals surface area contributed by atoms with Crippen molar-refractivity contribution in [2.45, 2.75) is 70.9 Å². The summed E-state index contributed by atoms with van der Waals surface area (Å²) in [4.78, 5) is 4.97. The van der Waals surface area contributed by atoms with Gasteiger partial charge >= 0.3 is 0 Å². The zero-order valence-corrected chi connectivity index (χ0v) is 13.6. The number of fused-ring (bicyclic) bond motifs is 2. The van der Waals surface area contributed by atoms with Gasteiger partial charge in [-0.3, -0.25) is 4.98 Å². The minimum Gasteiger partial charge on any atom is -0.310 e. The number of hydrogen-bond acceptors (Lipinski definition) is 2. The lowest BCUT2D eigenvalue weighted by atomic mass is 9.89. The highest BCUT2D eigenvalue weighted by Crippen LogP contribution is 2.30. The summed E-state index contributed by atoms with van der Waals surface area (Å²) in [7, 11) is 0. The summed E-state index contributed by atoms with van der Waals surface area (Å²) in [6.45, 7) is 3.21. The van der Waals surface area contributed by atoms with Crippen LogP contribution in [-0.2, 0) is 19.4 Å². The van der Waals surface area contributed by atoms with Crippen LogP contribution in [0.4, 0.5) is 0 Å². The van der Waals surface area contributed by atoms with Crippen molar-refractivity contribution < 1.29 is 0 Å².